The van der Waals surface area contributed by atoms with Gasteiger partial charge in [-0.05, 0) is 31.2 Å². The van der Waals surface area contributed by atoms with Crippen LogP contribution in [0.3, 0.4) is 0 Å². The lowest BCUT2D eigenvalue weighted by Gasteiger charge is -2.38. The Balaban J connectivity index is 1.41. The first-order valence-corrected chi connectivity index (χ1v) is 9.52. The van der Waals surface area contributed by atoms with E-state index in [-0.39, 0.29) is 17.7 Å². The lowest BCUT2D eigenvalue weighted by atomic mass is 10.2. The van der Waals surface area contributed by atoms with Gasteiger partial charge in [-0.1, -0.05) is 0 Å². The highest BCUT2D eigenvalue weighted by Crippen LogP contribution is 2.19. The van der Waals surface area contributed by atoms with Crippen molar-refractivity contribution in [3.63, 3.8) is 0 Å². The van der Waals surface area contributed by atoms with Gasteiger partial charge in [-0.2, -0.15) is 0 Å². The van der Waals surface area contributed by atoms with E-state index in [1.807, 2.05) is 17.0 Å². The largest absolute Gasteiger partial charge is 0.508 e. The Bertz CT molecular complexity index is 636. The van der Waals surface area contributed by atoms with Gasteiger partial charge in [0.05, 0.1) is 13.2 Å². The van der Waals surface area contributed by atoms with Crippen LogP contribution >= 0.6 is 0 Å². The molecule has 0 bridgehead atoms. The molecular formula is C19H28N4O4. The summed E-state index contributed by atoms with van der Waals surface area (Å²) in [5, 5.41) is 9.40. The van der Waals surface area contributed by atoms with Crippen LogP contribution in [0.2, 0.25) is 0 Å². The van der Waals surface area contributed by atoms with Crippen LogP contribution in [0.1, 0.15) is 6.92 Å². The Morgan fingerprint density at radius 3 is 2.11 bits per heavy atom. The monoisotopic (exact) mass is 376 g/mol. The topological polar surface area (TPSA) is 76.6 Å². The fourth-order valence-corrected chi connectivity index (χ4v) is 3.47. The molecule has 148 valence electrons. The summed E-state index contributed by atoms with van der Waals surface area (Å²) in [4.78, 5) is 32.2. The second-order valence-electron chi connectivity index (χ2n) is 6.85. The zero-order chi connectivity index (χ0) is 19.2. The highest BCUT2D eigenvalue weighted by atomic mass is 16.6. The molecule has 2 saturated heterocycles. The van der Waals surface area contributed by atoms with E-state index in [2.05, 4.69) is 9.80 Å². The molecule has 2 fully saturated rings. The van der Waals surface area contributed by atoms with Crippen molar-refractivity contribution in [2.75, 3.05) is 70.4 Å². The third kappa shape index (κ3) is 5.03. The van der Waals surface area contributed by atoms with Crippen molar-refractivity contribution >= 4 is 17.7 Å². The number of hydrogen-bond donors (Lipinski definition) is 1. The van der Waals surface area contributed by atoms with Crippen LogP contribution in [0.4, 0.5) is 10.5 Å². The number of amides is 2. The van der Waals surface area contributed by atoms with Crippen molar-refractivity contribution < 1.29 is 19.4 Å². The van der Waals surface area contributed by atoms with E-state index in [0.717, 1.165) is 31.9 Å². The molecule has 0 saturated carbocycles. The number of rotatable bonds is 4. The standard InChI is InChI=1S/C19H28N4O4/c1-2-27-19(26)23-13-11-22(12-14-23)18(25)15-20-7-9-21(10-8-20)16-3-5-17(24)6-4-16/h3-6,24H,2,7-15H2,1H3. The molecule has 2 amide bonds. The fraction of sp³-hybridized carbons (Fsp3) is 0.579. The highest BCUT2D eigenvalue weighted by Gasteiger charge is 2.27. The number of nitrogens with zero attached hydrogens (tertiary/aromatic N) is 4. The van der Waals surface area contributed by atoms with Crippen molar-refractivity contribution in [3.05, 3.63) is 24.3 Å². The summed E-state index contributed by atoms with van der Waals surface area (Å²) in [5.74, 6) is 0.391. The number of benzene rings is 1. The quantitative estimate of drug-likeness (QED) is 0.838. The summed E-state index contributed by atoms with van der Waals surface area (Å²) in [6.45, 7) is 8.12. The number of ether oxygens (including phenoxy) is 1. The average Bonchev–Trinajstić information content (AvgIpc) is 2.69. The smallest absolute Gasteiger partial charge is 0.409 e. The van der Waals surface area contributed by atoms with Gasteiger partial charge in [0.1, 0.15) is 5.75 Å². The van der Waals surface area contributed by atoms with Gasteiger partial charge >= 0.3 is 6.09 Å². The summed E-state index contributed by atoms with van der Waals surface area (Å²) in [6.07, 6.45) is -0.296. The van der Waals surface area contributed by atoms with Crippen LogP contribution in [0, 0.1) is 0 Å². The molecular weight excluding hydrogens is 348 g/mol. The lowest BCUT2D eigenvalue weighted by Crippen LogP contribution is -2.54. The number of phenols is 1. The van der Waals surface area contributed by atoms with Crippen molar-refractivity contribution in [2.24, 2.45) is 0 Å². The van der Waals surface area contributed by atoms with Crippen LogP contribution in [-0.4, -0.2) is 97.3 Å². The Morgan fingerprint density at radius 2 is 1.52 bits per heavy atom. The maximum absolute atomic E-state index is 12.6. The van der Waals surface area contributed by atoms with Crippen molar-refractivity contribution in [2.45, 2.75) is 6.92 Å². The van der Waals surface area contributed by atoms with Crippen molar-refractivity contribution in [1.29, 1.82) is 0 Å². The van der Waals surface area contributed by atoms with E-state index in [9.17, 15) is 14.7 Å². The minimum absolute atomic E-state index is 0.122. The first-order chi connectivity index (χ1) is 13.1. The molecule has 8 heteroatoms. The molecule has 0 radical (unpaired) electrons. The van der Waals surface area contributed by atoms with Crippen LogP contribution < -0.4 is 4.90 Å². The van der Waals surface area contributed by atoms with Crippen LogP contribution in [0.15, 0.2) is 24.3 Å². The Hall–Kier alpha value is -2.48. The number of carbonyl (C=O) groups excluding carboxylic acids is 2. The normalized spacial score (nSPS) is 18.5. The summed E-state index contributed by atoms with van der Waals surface area (Å²) in [5.41, 5.74) is 1.09. The number of phenolic OH excluding ortho intramolecular Hbond substituents is 1. The zero-order valence-corrected chi connectivity index (χ0v) is 15.8. The summed E-state index contributed by atoms with van der Waals surface area (Å²) in [7, 11) is 0. The van der Waals surface area contributed by atoms with Gasteiger partial charge in [0, 0.05) is 58.0 Å². The van der Waals surface area contributed by atoms with E-state index in [1.165, 1.54) is 0 Å². The number of anilines is 1. The number of aromatic hydroxyl groups is 1. The molecule has 0 atom stereocenters. The SMILES string of the molecule is CCOC(=O)N1CCN(C(=O)CN2CCN(c3ccc(O)cc3)CC2)CC1. The molecule has 3 rings (SSSR count). The van der Waals surface area contributed by atoms with E-state index >= 15 is 0 Å². The molecule has 27 heavy (non-hydrogen) atoms. The number of carbonyl (C=O) groups is 2. The predicted molar refractivity (Wildman–Crippen MR) is 102 cm³/mol. The van der Waals surface area contributed by atoms with Crippen molar-refractivity contribution in [3.8, 4) is 5.75 Å². The van der Waals surface area contributed by atoms with Gasteiger partial charge in [0.25, 0.3) is 0 Å². The van der Waals surface area contributed by atoms with Gasteiger partial charge in [-0.25, -0.2) is 4.79 Å². The summed E-state index contributed by atoms with van der Waals surface area (Å²) >= 11 is 0. The van der Waals surface area contributed by atoms with Gasteiger partial charge in [-0.15, -0.1) is 0 Å². The third-order valence-corrected chi connectivity index (χ3v) is 5.10. The molecule has 2 aliphatic rings. The number of hydrogen-bond acceptors (Lipinski definition) is 6. The average molecular weight is 376 g/mol. The second kappa shape index (κ2) is 8.94. The molecule has 0 aliphatic carbocycles. The molecule has 0 spiro atoms. The predicted octanol–water partition coefficient (Wildman–Crippen LogP) is 0.815. The van der Waals surface area contributed by atoms with E-state index in [1.54, 1.807) is 24.0 Å². The van der Waals surface area contributed by atoms with Gasteiger partial charge < -0.3 is 24.5 Å². The summed E-state index contributed by atoms with van der Waals surface area (Å²) < 4.78 is 5.01. The van der Waals surface area contributed by atoms with Gasteiger partial charge in [0.2, 0.25) is 5.91 Å². The molecule has 1 N–H and O–H groups in total. The Morgan fingerprint density at radius 1 is 0.926 bits per heavy atom. The van der Waals surface area contributed by atoms with Crippen LogP contribution in [0.5, 0.6) is 5.75 Å². The van der Waals surface area contributed by atoms with Crippen molar-refractivity contribution in [1.82, 2.24) is 14.7 Å². The minimum atomic E-state index is -0.296. The highest BCUT2D eigenvalue weighted by molar-refractivity contribution is 5.78. The minimum Gasteiger partial charge on any atom is -0.508 e. The van der Waals surface area contributed by atoms with Gasteiger partial charge in [0.15, 0.2) is 0 Å². The maximum Gasteiger partial charge on any atom is 0.409 e. The molecule has 8 nitrogen and oxygen atoms in total. The first kappa shape index (κ1) is 19.3. The summed E-state index contributed by atoms with van der Waals surface area (Å²) in [6, 6.07) is 7.22. The maximum atomic E-state index is 12.6. The molecule has 1 aromatic rings. The second-order valence-corrected chi connectivity index (χ2v) is 6.85. The van der Waals surface area contributed by atoms with E-state index in [4.69, 9.17) is 4.74 Å². The third-order valence-electron chi connectivity index (χ3n) is 5.10. The lowest BCUT2D eigenvalue weighted by molar-refractivity contribution is -0.134. The Kier molecular flexibility index (Phi) is 6.39. The van der Waals surface area contributed by atoms with Gasteiger partial charge in [-0.3, -0.25) is 9.69 Å². The van der Waals surface area contributed by atoms with Crippen LogP contribution in [-0.2, 0) is 9.53 Å². The molecule has 0 aromatic heterocycles. The van der Waals surface area contributed by atoms with E-state index < -0.39 is 0 Å². The molecule has 1 aromatic carbocycles. The Labute approximate surface area is 159 Å². The molecule has 2 aliphatic heterocycles. The number of piperazine rings is 2. The zero-order valence-electron chi connectivity index (χ0n) is 15.8. The van der Waals surface area contributed by atoms with Crippen LogP contribution in [0.25, 0.3) is 0 Å². The fourth-order valence-electron chi connectivity index (χ4n) is 3.47. The molecule has 2 heterocycles. The first-order valence-electron chi connectivity index (χ1n) is 9.52. The van der Waals surface area contributed by atoms with E-state index in [0.29, 0.717) is 39.3 Å². The molecule has 0 unspecified atom stereocenters.